The van der Waals surface area contributed by atoms with Gasteiger partial charge in [-0.1, -0.05) is 0 Å². The number of rotatable bonds is 3. The Hall–Kier alpha value is -0.870. The zero-order valence-corrected chi connectivity index (χ0v) is 9.71. The van der Waals surface area contributed by atoms with Crippen LogP contribution in [0.15, 0.2) is 6.20 Å². The van der Waals surface area contributed by atoms with Gasteiger partial charge in [0.1, 0.15) is 0 Å². The van der Waals surface area contributed by atoms with Crippen LogP contribution >= 0.6 is 0 Å². The molecule has 84 valence electrons. The Kier molecular flexibility index (Phi) is 2.80. The highest BCUT2D eigenvalue weighted by atomic mass is 16.5. The van der Waals surface area contributed by atoms with E-state index >= 15 is 0 Å². The lowest BCUT2D eigenvalue weighted by Gasteiger charge is -2.23. The standard InChI is InChI=1S/C11H19N3O/c1-9-10(7-13-14(9)3)6-12-11(2)4-5-15-8-11/h7,12H,4-6,8H2,1-3H3. The predicted octanol–water partition coefficient (Wildman–Crippen LogP) is 0.997. The Morgan fingerprint density at radius 1 is 1.67 bits per heavy atom. The van der Waals surface area contributed by atoms with E-state index in [1.54, 1.807) is 0 Å². The average Bonchev–Trinajstić information content (AvgIpc) is 2.75. The van der Waals surface area contributed by atoms with Gasteiger partial charge in [-0.05, 0) is 20.3 Å². The summed E-state index contributed by atoms with van der Waals surface area (Å²) in [6.45, 7) is 6.87. The van der Waals surface area contributed by atoms with E-state index < -0.39 is 0 Å². The van der Waals surface area contributed by atoms with Gasteiger partial charge < -0.3 is 10.1 Å². The first-order valence-corrected chi connectivity index (χ1v) is 5.41. The molecule has 2 heterocycles. The van der Waals surface area contributed by atoms with Gasteiger partial charge in [0.15, 0.2) is 0 Å². The lowest BCUT2D eigenvalue weighted by Crippen LogP contribution is -2.42. The Labute approximate surface area is 90.6 Å². The number of hydrogen-bond donors (Lipinski definition) is 1. The second-order valence-corrected chi connectivity index (χ2v) is 4.60. The summed E-state index contributed by atoms with van der Waals surface area (Å²) in [5.41, 5.74) is 2.64. The molecular formula is C11H19N3O. The number of hydrogen-bond acceptors (Lipinski definition) is 3. The SMILES string of the molecule is Cc1c(CNC2(C)CCOC2)cnn1C. The Balaban J connectivity index is 1.95. The van der Waals surface area contributed by atoms with Crippen molar-refractivity contribution in [3.63, 3.8) is 0 Å². The van der Waals surface area contributed by atoms with Crippen LogP contribution in [0.3, 0.4) is 0 Å². The number of nitrogens with one attached hydrogen (secondary N) is 1. The number of nitrogens with zero attached hydrogens (tertiary/aromatic N) is 2. The molecule has 4 nitrogen and oxygen atoms in total. The first kappa shape index (κ1) is 10.6. The van der Waals surface area contributed by atoms with Crippen molar-refractivity contribution in [3.05, 3.63) is 17.5 Å². The van der Waals surface area contributed by atoms with Gasteiger partial charge in [0.2, 0.25) is 0 Å². The van der Waals surface area contributed by atoms with Crippen molar-refractivity contribution in [3.8, 4) is 0 Å². The Morgan fingerprint density at radius 3 is 3.00 bits per heavy atom. The minimum Gasteiger partial charge on any atom is -0.379 e. The van der Waals surface area contributed by atoms with Gasteiger partial charge in [-0.3, -0.25) is 4.68 Å². The fraction of sp³-hybridized carbons (Fsp3) is 0.727. The second kappa shape index (κ2) is 3.94. The van der Waals surface area contributed by atoms with Crippen molar-refractivity contribution >= 4 is 0 Å². The molecule has 0 radical (unpaired) electrons. The van der Waals surface area contributed by atoms with Gasteiger partial charge in [0.05, 0.1) is 12.8 Å². The summed E-state index contributed by atoms with van der Waals surface area (Å²) in [7, 11) is 1.97. The maximum atomic E-state index is 5.40. The fourth-order valence-electron chi connectivity index (χ4n) is 1.83. The molecule has 0 saturated carbocycles. The van der Waals surface area contributed by atoms with E-state index in [0.717, 1.165) is 26.2 Å². The largest absolute Gasteiger partial charge is 0.379 e. The first-order chi connectivity index (χ1) is 7.11. The lowest BCUT2D eigenvalue weighted by molar-refractivity contribution is 0.171. The zero-order chi connectivity index (χ0) is 10.9. The van der Waals surface area contributed by atoms with Crippen LogP contribution in [0.1, 0.15) is 24.6 Å². The van der Waals surface area contributed by atoms with E-state index in [-0.39, 0.29) is 5.54 Å². The molecule has 1 aromatic heterocycles. The van der Waals surface area contributed by atoms with Gasteiger partial charge in [0, 0.05) is 37.0 Å². The van der Waals surface area contributed by atoms with Crippen LogP contribution in [-0.4, -0.2) is 28.5 Å². The summed E-state index contributed by atoms with van der Waals surface area (Å²) in [6, 6.07) is 0. The van der Waals surface area contributed by atoms with Crippen molar-refractivity contribution in [2.45, 2.75) is 32.4 Å². The molecule has 1 fully saturated rings. The van der Waals surface area contributed by atoms with Crippen molar-refractivity contribution < 1.29 is 4.74 Å². The third-order valence-corrected chi connectivity index (χ3v) is 3.26. The third kappa shape index (κ3) is 2.21. The molecule has 0 aromatic carbocycles. The highest BCUT2D eigenvalue weighted by molar-refractivity contribution is 5.15. The van der Waals surface area contributed by atoms with Gasteiger partial charge >= 0.3 is 0 Å². The minimum atomic E-state index is 0.141. The highest BCUT2D eigenvalue weighted by Gasteiger charge is 2.28. The van der Waals surface area contributed by atoms with Gasteiger partial charge in [-0.15, -0.1) is 0 Å². The molecule has 2 rings (SSSR count). The van der Waals surface area contributed by atoms with Crippen molar-refractivity contribution in [1.82, 2.24) is 15.1 Å². The molecule has 0 bridgehead atoms. The summed E-state index contributed by atoms with van der Waals surface area (Å²) < 4.78 is 7.31. The molecule has 1 aromatic rings. The Morgan fingerprint density at radius 2 is 2.47 bits per heavy atom. The van der Waals surface area contributed by atoms with Crippen LogP contribution in [0.2, 0.25) is 0 Å². The molecule has 4 heteroatoms. The van der Waals surface area contributed by atoms with Crippen molar-refractivity contribution in [2.24, 2.45) is 7.05 Å². The van der Waals surface area contributed by atoms with E-state index in [4.69, 9.17) is 4.74 Å². The molecule has 1 aliphatic heterocycles. The molecule has 1 saturated heterocycles. The first-order valence-electron chi connectivity index (χ1n) is 5.41. The monoisotopic (exact) mass is 209 g/mol. The van der Waals surface area contributed by atoms with Crippen LogP contribution in [-0.2, 0) is 18.3 Å². The normalized spacial score (nSPS) is 26.1. The van der Waals surface area contributed by atoms with Crippen LogP contribution in [0, 0.1) is 6.92 Å². The maximum Gasteiger partial charge on any atom is 0.0646 e. The fourth-order valence-corrected chi connectivity index (χ4v) is 1.83. The molecule has 1 aliphatic rings. The van der Waals surface area contributed by atoms with E-state index in [1.807, 2.05) is 17.9 Å². The van der Waals surface area contributed by atoms with Gasteiger partial charge in [-0.25, -0.2) is 0 Å². The van der Waals surface area contributed by atoms with Crippen LogP contribution in [0.5, 0.6) is 0 Å². The van der Waals surface area contributed by atoms with Crippen molar-refractivity contribution in [2.75, 3.05) is 13.2 Å². The predicted molar refractivity (Wildman–Crippen MR) is 58.6 cm³/mol. The second-order valence-electron chi connectivity index (χ2n) is 4.60. The zero-order valence-electron chi connectivity index (χ0n) is 9.71. The summed E-state index contributed by atoms with van der Waals surface area (Å²) in [4.78, 5) is 0. The van der Waals surface area contributed by atoms with Crippen molar-refractivity contribution in [1.29, 1.82) is 0 Å². The van der Waals surface area contributed by atoms with E-state index in [0.29, 0.717) is 0 Å². The molecule has 1 unspecified atom stereocenters. The van der Waals surface area contributed by atoms with Gasteiger partial charge in [-0.2, -0.15) is 5.10 Å². The minimum absolute atomic E-state index is 0.141. The highest BCUT2D eigenvalue weighted by Crippen LogP contribution is 2.18. The Bertz CT molecular complexity index is 340. The number of ether oxygens (including phenoxy) is 1. The number of aromatic nitrogens is 2. The topological polar surface area (TPSA) is 39.1 Å². The molecule has 15 heavy (non-hydrogen) atoms. The molecule has 0 amide bonds. The van der Waals surface area contributed by atoms with E-state index in [9.17, 15) is 0 Å². The summed E-state index contributed by atoms with van der Waals surface area (Å²) in [6.07, 6.45) is 3.02. The smallest absolute Gasteiger partial charge is 0.0646 e. The summed E-state index contributed by atoms with van der Waals surface area (Å²) >= 11 is 0. The van der Waals surface area contributed by atoms with Gasteiger partial charge in [0.25, 0.3) is 0 Å². The third-order valence-electron chi connectivity index (χ3n) is 3.26. The average molecular weight is 209 g/mol. The van der Waals surface area contributed by atoms with E-state index in [1.165, 1.54) is 11.3 Å². The molecule has 1 atom stereocenters. The molecule has 0 aliphatic carbocycles. The molecule has 1 N–H and O–H groups in total. The van der Waals surface area contributed by atoms with E-state index in [2.05, 4.69) is 24.3 Å². The molecular weight excluding hydrogens is 190 g/mol. The summed E-state index contributed by atoms with van der Waals surface area (Å²) in [5, 5.41) is 7.78. The maximum absolute atomic E-state index is 5.40. The molecule has 0 spiro atoms. The summed E-state index contributed by atoms with van der Waals surface area (Å²) in [5.74, 6) is 0. The van der Waals surface area contributed by atoms with Crippen LogP contribution < -0.4 is 5.32 Å². The number of aryl methyl sites for hydroxylation is 1. The lowest BCUT2D eigenvalue weighted by atomic mass is 10.0. The quantitative estimate of drug-likeness (QED) is 0.807. The van der Waals surface area contributed by atoms with Crippen LogP contribution in [0.25, 0.3) is 0 Å². The van der Waals surface area contributed by atoms with Crippen LogP contribution in [0.4, 0.5) is 0 Å².